The molecule has 10 nitrogen and oxygen atoms in total. The van der Waals surface area contributed by atoms with Crippen LogP contribution in [0, 0.1) is 23.7 Å². The van der Waals surface area contributed by atoms with Crippen molar-refractivity contribution < 1.29 is 29.4 Å². The van der Waals surface area contributed by atoms with Crippen molar-refractivity contribution in [3.8, 4) is 0 Å². The molecule has 2 saturated heterocycles. The van der Waals surface area contributed by atoms with Gasteiger partial charge in [-0.15, -0.1) is 0 Å². The van der Waals surface area contributed by atoms with Crippen LogP contribution in [0.2, 0.25) is 0 Å². The van der Waals surface area contributed by atoms with E-state index in [9.17, 15) is 24.6 Å². The van der Waals surface area contributed by atoms with Gasteiger partial charge in [-0.3, -0.25) is 9.59 Å². The second-order valence-electron chi connectivity index (χ2n) is 18.7. The molecule has 0 spiro atoms. The Morgan fingerprint density at radius 2 is 1.03 bits per heavy atom. The van der Waals surface area contributed by atoms with Gasteiger partial charge in [0.05, 0.1) is 16.7 Å². The van der Waals surface area contributed by atoms with Crippen molar-refractivity contribution in [3.05, 3.63) is 58.7 Å². The van der Waals surface area contributed by atoms with E-state index in [4.69, 9.17) is 0 Å². The minimum absolute atomic E-state index is 0.0434. The van der Waals surface area contributed by atoms with Crippen LogP contribution in [-0.2, 0) is 0 Å². The maximum Gasteiger partial charge on any atom is 0.336 e. The number of unbranched alkanes of at least 4 members (excludes halogenated alkanes) is 2. The normalized spacial score (nSPS) is 18.2. The van der Waals surface area contributed by atoms with Crippen LogP contribution in [-0.4, -0.2) is 73.2 Å². The molecule has 0 bridgehead atoms. The molecule has 2 heterocycles. The lowest BCUT2D eigenvalue weighted by molar-refractivity contribution is 0.0695. The first-order valence-electron chi connectivity index (χ1n) is 23.7. The average Bonchev–Trinajstić information content (AvgIpc) is 3.27. The van der Waals surface area contributed by atoms with Crippen molar-refractivity contribution in [2.45, 2.75) is 119 Å². The number of rotatable bonds is 18. The standard InChI is InChI=1S/C52H68N4O6/c1-7-11-17-33(9-3)27-53-49(57)37-21-19-35-46-42(56-24-14-16-32(6)30-56)26-40(52(61)62)44-38(51(59)60)22-20-36(48(44)46)45-41(55-23-13-15-31(5)29-55)25-39(43(37)47(35)45)50(58)54-28-34(10-4)18-12-8-2/h19-22,25-26,31-34H,7-18,23-24,27-30H2,1-6H3,(H,53,57)(H,54,58)(H,59,60)(H,61,62). The SMILES string of the molecule is CCCCC(CC)CNC(=O)c1ccc2c3c(N4CCCC(C)C4)cc(C(=O)O)c4c(C(=O)O)ccc(c5c(N6CCCC(C)C6)cc(C(=O)NCC(CC)CCCC)c1c25)c43. The molecule has 5 aromatic carbocycles. The van der Waals surface area contributed by atoms with Crippen LogP contribution in [0.15, 0.2) is 36.4 Å². The summed E-state index contributed by atoms with van der Waals surface area (Å²) in [7, 11) is 0. The molecule has 332 valence electrons. The van der Waals surface area contributed by atoms with Gasteiger partial charge in [0.15, 0.2) is 0 Å². The van der Waals surface area contributed by atoms with E-state index in [1.165, 1.54) is 6.07 Å². The zero-order valence-electron chi connectivity index (χ0n) is 37.9. The quantitative estimate of drug-likeness (QED) is 0.0505. The molecule has 2 aliphatic heterocycles. The van der Waals surface area contributed by atoms with Gasteiger partial charge in [0, 0.05) is 88.5 Å². The van der Waals surface area contributed by atoms with Gasteiger partial charge in [-0.25, -0.2) is 9.59 Å². The zero-order valence-corrected chi connectivity index (χ0v) is 37.9. The van der Waals surface area contributed by atoms with Crippen LogP contribution in [0.25, 0.3) is 43.1 Å². The van der Waals surface area contributed by atoms with Gasteiger partial charge in [0.1, 0.15) is 0 Å². The summed E-state index contributed by atoms with van der Waals surface area (Å²) in [6, 6.07) is 10.8. The molecule has 62 heavy (non-hydrogen) atoms. The molecule has 10 heteroatoms. The molecule has 7 rings (SSSR count). The zero-order chi connectivity index (χ0) is 44.2. The van der Waals surface area contributed by atoms with Gasteiger partial charge < -0.3 is 30.6 Å². The van der Waals surface area contributed by atoms with E-state index in [-0.39, 0.29) is 28.3 Å². The molecule has 2 amide bonds. The molecule has 0 aromatic heterocycles. The van der Waals surface area contributed by atoms with E-state index in [1.54, 1.807) is 6.07 Å². The van der Waals surface area contributed by atoms with E-state index in [0.717, 1.165) is 135 Å². The van der Waals surface area contributed by atoms with Crippen molar-refractivity contribution in [2.75, 3.05) is 49.1 Å². The van der Waals surface area contributed by atoms with Crippen molar-refractivity contribution in [1.29, 1.82) is 0 Å². The number of anilines is 2. The van der Waals surface area contributed by atoms with Crippen LogP contribution in [0.3, 0.4) is 0 Å². The van der Waals surface area contributed by atoms with Crippen molar-refractivity contribution in [1.82, 2.24) is 10.6 Å². The Kier molecular flexibility index (Phi) is 14.1. The summed E-state index contributed by atoms with van der Waals surface area (Å²) in [4.78, 5) is 60.7. The largest absolute Gasteiger partial charge is 0.478 e. The van der Waals surface area contributed by atoms with Crippen LogP contribution in [0.5, 0.6) is 0 Å². The first kappa shape index (κ1) is 44.9. The summed E-state index contributed by atoms with van der Waals surface area (Å²) in [5.74, 6) is -1.43. The summed E-state index contributed by atoms with van der Waals surface area (Å²) < 4.78 is 0. The topological polar surface area (TPSA) is 139 Å². The molecule has 5 aromatic rings. The van der Waals surface area contributed by atoms with Crippen LogP contribution in [0.1, 0.15) is 160 Å². The highest BCUT2D eigenvalue weighted by Crippen LogP contribution is 2.51. The molecule has 0 aliphatic carbocycles. The predicted molar refractivity (Wildman–Crippen MR) is 254 cm³/mol. The molecule has 0 radical (unpaired) electrons. The molecule has 0 saturated carbocycles. The second-order valence-corrected chi connectivity index (χ2v) is 18.7. The van der Waals surface area contributed by atoms with Gasteiger partial charge in [-0.1, -0.05) is 92.2 Å². The van der Waals surface area contributed by atoms with Gasteiger partial charge >= 0.3 is 11.9 Å². The van der Waals surface area contributed by atoms with Gasteiger partial charge in [-0.2, -0.15) is 0 Å². The fraction of sp³-hybridized carbons (Fsp3) is 0.538. The number of benzene rings is 5. The molecule has 2 aliphatic rings. The third kappa shape index (κ3) is 8.76. The number of carboxylic acids is 2. The highest BCUT2D eigenvalue weighted by Gasteiger charge is 2.33. The van der Waals surface area contributed by atoms with Crippen LogP contribution < -0.4 is 20.4 Å². The molecular formula is C52H68N4O6. The Bertz CT molecular complexity index is 2460. The van der Waals surface area contributed by atoms with E-state index < -0.39 is 11.9 Å². The number of carbonyl (C=O) groups excluding carboxylic acids is 2. The smallest absolute Gasteiger partial charge is 0.336 e. The number of piperidine rings is 2. The maximum atomic E-state index is 15.0. The van der Waals surface area contributed by atoms with Gasteiger partial charge in [-0.05, 0) is 97.2 Å². The number of amides is 2. The molecule has 4 N–H and O–H groups in total. The number of fused-ring (bicyclic) bond motifs is 2. The van der Waals surface area contributed by atoms with Gasteiger partial charge in [0.2, 0.25) is 0 Å². The maximum absolute atomic E-state index is 15.0. The number of aromatic carboxylic acids is 2. The summed E-state index contributed by atoms with van der Waals surface area (Å²) in [5.41, 5.74) is 2.35. The fourth-order valence-electron chi connectivity index (χ4n) is 10.6. The van der Waals surface area contributed by atoms with Crippen molar-refractivity contribution >= 4 is 78.2 Å². The summed E-state index contributed by atoms with van der Waals surface area (Å²) >= 11 is 0. The highest BCUT2D eigenvalue weighted by molar-refractivity contribution is 6.42. The first-order chi connectivity index (χ1) is 29.9. The minimum Gasteiger partial charge on any atom is -0.478 e. The summed E-state index contributed by atoms with van der Waals surface area (Å²) in [5, 5.41) is 33.4. The molecule has 2 fully saturated rings. The number of carbonyl (C=O) groups is 4. The Morgan fingerprint density at radius 1 is 0.597 bits per heavy atom. The van der Waals surface area contributed by atoms with E-state index >= 15 is 4.79 Å². The number of nitrogens with zero attached hydrogens (tertiary/aromatic N) is 2. The lowest BCUT2D eigenvalue weighted by atomic mass is 9.82. The predicted octanol–water partition coefficient (Wildman–Crippen LogP) is 11.5. The first-order valence-corrected chi connectivity index (χ1v) is 23.7. The van der Waals surface area contributed by atoms with Gasteiger partial charge in [0.25, 0.3) is 11.8 Å². The number of hydrogen-bond donors (Lipinski definition) is 4. The highest BCUT2D eigenvalue weighted by atomic mass is 16.4. The summed E-state index contributed by atoms with van der Waals surface area (Å²) in [6.45, 7) is 17.2. The van der Waals surface area contributed by atoms with Crippen molar-refractivity contribution in [2.24, 2.45) is 23.7 Å². The molecule has 4 unspecified atom stereocenters. The van der Waals surface area contributed by atoms with Crippen LogP contribution >= 0.6 is 0 Å². The van der Waals surface area contributed by atoms with Crippen LogP contribution in [0.4, 0.5) is 11.4 Å². The monoisotopic (exact) mass is 845 g/mol. The third-order valence-electron chi connectivity index (χ3n) is 14.2. The second kappa shape index (κ2) is 19.5. The Balaban J connectivity index is 1.62. The number of nitrogens with one attached hydrogen (secondary N) is 2. The average molecular weight is 845 g/mol. The summed E-state index contributed by atoms with van der Waals surface area (Å²) in [6.07, 6.45) is 12.3. The van der Waals surface area contributed by atoms with Crippen molar-refractivity contribution in [3.63, 3.8) is 0 Å². The number of hydrogen-bond acceptors (Lipinski definition) is 6. The number of carboxylic acid groups (broad SMARTS) is 2. The fourth-order valence-corrected chi connectivity index (χ4v) is 10.6. The van der Waals surface area contributed by atoms with E-state index in [0.29, 0.717) is 65.2 Å². The molecule has 4 atom stereocenters. The Labute approximate surface area is 367 Å². The molecular weight excluding hydrogens is 777 g/mol. The Hall–Kier alpha value is -5.12. The van der Waals surface area contributed by atoms with E-state index in [2.05, 4.69) is 62.0 Å². The Morgan fingerprint density at radius 3 is 1.47 bits per heavy atom. The minimum atomic E-state index is -1.20. The lowest BCUT2D eigenvalue weighted by Gasteiger charge is -2.36. The third-order valence-corrected chi connectivity index (χ3v) is 14.2. The van der Waals surface area contributed by atoms with E-state index in [1.807, 2.05) is 24.3 Å². The lowest BCUT2D eigenvalue weighted by Crippen LogP contribution is -2.35.